The first-order valence-electron chi connectivity index (χ1n) is 7.39. The third-order valence-electron chi connectivity index (χ3n) is 2.91. The lowest BCUT2D eigenvalue weighted by Gasteiger charge is -2.26. The predicted molar refractivity (Wildman–Crippen MR) is 93.9 cm³/mol. The smallest absolute Gasteiger partial charge is 0.427 e. The van der Waals surface area contributed by atoms with E-state index in [2.05, 4.69) is 5.43 Å². The number of nitrogens with zero attached hydrogens (tertiary/aromatic N) is 1. The molecule has 0 aliphatic heterocycles. The Morgan fingerprint density at radius 2 is 1.76 bits per heavy atom. The van der Waals surface area contributed by atoms with Gasteiger partial charge in [0.2, 0.25) is 0 Å². The summed E-state index contributed by atoms with van der Waals surface area (Å²) in [6.07, 6.45) is -0.822. The average Bonchev–Trinajstić information content (AvgIpc) is 3.01. The Hall–Kier alpha value is -2.87. The van der Waals surface area contributed by atoms with Crippen molar-refractivity contribution in [1.82, 2.24) is 5.43 Å². The van der Waals surface area contributed by atoms with Crippen molar-refractivity contribution < 1.29 is 24.2 Å². The summed E-state index contributed by atoms with van der Waals surface area (Å²) in [5.41, 5.74) is 1.99. The molecule has 2 N–H and O–H groups in total. The van der Waals surface area contributed by atoms with Gasteiger partial charge < -0.3 is 9.84 Å². The second kappa shape index (κ2) is 7.35. The van der Waals surface area contributed by atoms with Gasteiger partial charge in [-0.05, 0) is 44.4 Å². The minimum Gasteiger partial charge on any atom is -0.477 e. The second-order valence-electron chi connectivity index (χ2n) is 6.06. The quantitative estimate of drug-likeness (QED) is 0.814. The van der Waals surface area contributed by atoms with Crippen LogP contribution in [0.4, 0.5) is 10.5 Å². The maximum Gasteiger partial charge on any atom is 0.427 e. The molecular weight excluding hydrogens is 344 g/mol. The molecule has 0 aliphatic carbocycles. The van der Waals surface area contributed by atoms with Crippen LogP contribution >= 0.6 is 11.3 Å². The summed E-state index contributed by atoms with van der Waals surface area (Å²) in [6, 6.07) is 9.77. The number of amides is 2. The fraction of sp³-hybridized carbons (Fsp3) is 0.235. The van der Waals surface area contributed by atoms with Crippen LogP contribution in [-0.2, 0) is 4.74 Å². The van der Waals surface area contributed by atoms with Crippen LogP contribution in [-0.4, -0.2) is 28.7 Å². The van der Waals surface area contributed by atoms with Crippen LogP contribution < -0.4 is 10.4 Å². The van der Waals surface area contributed by atoms with Crippen molar-refractivity contribution in [3.05, 3.63) is 52.2 Å². The lowest BCUT2D eigenvalue weighted by Crippen LogP contribution is -2.48. The normalized spacial score (nSPS) is 10.8. The van der Waals surface area contributed by atoms with Crippen molar-refractivity contribution >= 4 is 35.0 Å². The molecule has 0 fully saturated rings. The van der Waals surface area contributed by atoms with Crippen LogP contribution in [0.2, 0.25) is 0 Å². The van der Waals surface area contributed by atoms with Crippen LogP contribution in [0.15, 0.2) is 41.8 Å². The highest BCUT2D eigenvalue weighted by atomic mass is 32.1. The topological polar surface area (TPSA) is 95.9 Å². The van der Waals surface area contributed by atoms with Gasteiger partial charge in [0.1, 0.15) is 10.5 Å². The number of carboxylic acid groups (broad SMARTS) is 1. The van der Waals surface area contributed by atoms with Gasteiger partial charge in [0.15, 0.2) is 0 Å². The van der Waals surface area contributed by atoms with Crippen molar-refractivity contribution in [3.8, 4) is 0 Å². The number of para-hydroxylation sites is 1. The zero-order chi connectivity index (χ0) is 18.6. The highest BCUT2D eigenvalue weighted by molar-refractivity contribution is 7.12. The Morgan fingerprint density at radius 1 is 1.12 bits per heavy atom. The van der Waals surface area contributed by atoms with Gasteiger partial charge in [0.05, 0.1) is 11.3 Å². The van der Waals surface area contributed by atoms with Crippen LogP contribution in [0.25, 0.3) is 0 Å². The van der Waals surface area contributed by atoms with Crippen LogP contribution in [0, 0.1) is 0 Å². The number of carbonyl (C=O) groups excluding carboxylic acids is 2. The SMILES string of the molecule is CC(C)(C)OC(=O)NN(C(=O)c1ccsc1C(=O)O)c1ccccc1. The molecule has 0 radical (unpaired) electrons. The molecule has 1 aromatic carbocycles. The number of rotatable bonds is 3. The van der Waals surface area contributed by atoms with Gasteiger partial charge in [-0.2, -0.15) is 0 Å². The summed E-state index contributed by atoms with van der Waals surface area (Å²) in [6.45, 7) is 5.09. The van der Waals surface area contributed by atoms with Crippen molar-refractivity contribution in [1.29, 1.82) is 0 Å². The molecule has 2 rings (SSSR count). The number of hydrogen-bond donors (Lipinski definition) is 2. The third-order valence-corrected chi connectivity index (χ3v) is 3.81. The number of aromatic carboxylic acids is 1. The van der Waals surface area contributed by atoms with E-state index in [0.717, 1.165) is 16.3 Å². The maximum atomic E-state index is 12.8. The first-order valence-corrected chi connectivity index (χ1v) is 8.27. The Balaban J connectivity index is 2.35. The van der Waals surface area contributed by atoms with Gasteiger partial charge in [0.25, 0.3) is 5.91 Å². The van der Waals surface area contributed by atoms with Gasteiger partial charge in [-0.25, -0.2) is 20.0 Å². The van der Waals surface area contributed by atoms with Crippen molar-refractivity contribution in [2.75, 3.05) is 5.01 Å². The molecule has 1 heterocycles. The number of carboxylic acids is 1. The van der Waals surface area contributed by atoms with Crippen LogP contribution in [0.3, 0.4) is 0 Å². The molecule has 7 nitrogen and oxygen atoms in total. The monoisotopic (exact) mass is 362 g/mol. The molecule has 2 amide bonds. The molecule has 132 valence electrons. The van der Waals surface area contributed by atoms with Gasteiger partial charge in [-0.1, -0.05) is 18.2 Å². The van der Waals surface area contributed by atoms with Crippen molar-refractivity contribution in [2.45, 2.75) is 26.4 Å². The molecule has 0 saturated heterocycles. The summed E-state index contributed by atoms with van der Waals surface area (Å²) in [5.74, 6) is -1.88. The van der Waals surface area contributed by atoms with E-state index < -0.39 is 23.6 Å². The summed E-state index contributed by atoms with van der Waals surface area (Å²) in [5, 5.41) is 11.7. The van der Waals surface area contributed by atoms with Crippen LogP contribution in [0.1, 0.15) is 40.8 Å². The number of thiophene rings is 1. The number of hydrazine groups is 1. The Bertz CT molecular complexity index is 780. The molecular formula is C17H18N2O5S. The summed E-state index contributed by atoms with van der Waals surface area (Å²) < 4.78 is 5.18. The van der Waals surface area contributed by atoms with E-state index in [1.54, 1.807) is 51.1 Å². The largest absolute Gasteiger partial charge is 0.477 e. The minimum atomic E-state index is -1.20. The van der Waals surface area contributed by atoms with Gasteiger partial charge in [0, 0.05) is 0 Å². The molecule has 0 aliphatic rings. The first kappa shape index (κ1) is 18.5. The minimum absolute atomic E-state index is 0.0163. The van der Waals surface area contributed by atoms with E-state index in [4.69, 9.17) is 4.74 Å². The van der Waals surface area contributed by atoms with Crippen molar-refractivity contribution in [3.63, 3.8) is 0 Å². The highest BCUT2D eigenvalue weighted by Crippen LogP contribution is 2.22. The van der Waals surface area contributed by atoms with Gasteiger partial charge in [-0.15, -0.1) is 11.3 Å². The highest BCUT2D eigenvalue weighted by Gasteiger charge is 2.27. The number of carbonyl (C=O) groups is 3. The molecule has 2 aromatic rings. The molecule has 0 atom stereocenters. The first-order chi connectivity index (χ1) is 11.7. The fourth-order valence-corrected chi connectivity index (χ4v) is 2.69. The third kappa shape index (κ3) is 4.80. The lowest BCUT2D eigenvalue weighted by atomic mass is 10.2. The maximum absolute atomic E-state index is 12.8. The number of benzene rings is 1. The number of hydrogen-bond acceptors (Lipinski definition) is 5. The number of anilines is 1. The van der Waals surface area contributed by atoms with Gasteiger partial charge >= 0.3 is 12.1 Å². The Labute approximate surface area is 148 Å². The lowest BCUT2D eigenvalue weighted by molar-refractivity contribution is 0.0510. The fourth-order valence-electron chi connectivity index (χ4n) is 1.97. The molecule has 0 saturated carbocycles. The molecule has 0 spiro atoms. The van der Waals surface area contributed by atoms with E-state index in [1.165, 1.54) is 11.4 Å². The molecule has 0 unspecified atom stereocenters. The predicted octanol–water partition coefficient (Wildman–Crippen LogP) is 3.53. The molecule has 25 heavy (non-hydrogen) atoms. The number of nitrogens with one attached hydrogen (secondary N) is 1. The van der Waals surface area contributed by atoms with Crippen molar-refractivity contribution in [2.24, 2.45) is 0 Å². The number of ether oxygens (including phenoxy) is 1. The van der Waals surface area contributed by atoms with E-state index >= 15 is 0 Å². The zero-order valence-electron chi connectivity index (χ0n) is 14.0. The average molecular weight is 362 g/mol. The standard InChI is InChI=1S/C17H18N2O5S/c1-17(2,3)24-16(23)18-19(11-7-5-4-6-8-11)14(20)12-9-10-25-13(12)15(21)22/h4-10H,1-3H3,(H,18,23)(H,21,22). The Morgan fingerprint density at radius 3 is 2.32 bits per heavy atom. The van der Waals surface area contributed by atoms with E-state index in [0.29, 0.717) is 5.69 Å². The Kier molecular flexibility index (Phi) is 5.43. The zero-order valence-corrected chi connectivity index (χ0v) is 14.8. The molecule has 1 aromatic heterocycles. The summed E-state index contributed by atoms with van der Waals surface area (Å²) in [4.78, 5) is 36.1. The van der Waals surface area contributed by atoms with E-state index in [1.807, 2.05) is 0 Å². The second-order valence-corrected chi connectivity index (χ2v) is 6.97. The van der Waals surface area contributed by atoms with E-state index in [-0.39, 0.29) is 10.4 Å². The summed E-state index contributed by atoms with van der Waals surface area (Å²) in [7, 11) is 0. The van der Waals surface area contributed by atoms with E-state index in [9.17, 15) is 19.5 Å². The summed E-state index contributed by atoms with van der Waals surface area (Å²) >= 11 is 0.936. The van der Waals surface area contributed by atoms with Gasteiger partial charge in [-0.3, -0.25) is 4.79 Å². The molecule has 8 heteroatoms. The van der Waals surface area contributed by atoms with Crippen LogP contribution in [0.5, 0.6) is 0 Å². The molecule has 0 bridgehead atoms.